The molecule has 42 heavy (non-hydrogen) atoms. The van der Waals surface area contributed by atoms with Crippen LogP contribution in [0.2, 0.25) is 0 Å². The molecule has 210 valence electrons. The van der Waals surface area contributed by atoms with E-state index in [1.807, 2.05) is 0 Å². The second-order valence-electron chi connectivity index (χ2n) is 9.07. The Balaban J connectivity index is 1.52. The number of amides is 2. The van der Waals surface area contributed by atoms with Crippen LogP contribution in [0.3, 0.4) is 0 Å². The molecule has 0 atom stereocenters. The molecule has 4 aromatic carbocycles. The summed E-state index contributed by atoms with van der Waals surface area (Å²) in [4.78, 5) is 30.6. The number of anilines is 3. The van der Waals surface area contributed by atoms with Crippen molar-refractivity contribution in [3.8, 4) is 5.75 Å². The van der Waals surface area contributed by atoms with Crippen molar-refractivity contribution in [3.05, 3.63) is 114 Å². The number of benzene rings is 4. The molecule has 0 aliphatic heterocycles. The summed E-state index contributed by atoms with van der Waals surface area (Å²) in [6.07, 6.45) is 2.10. The molecule has 11 nitrogen and oxygen atoms in total. The highest BCUT2D eigenvalue weighted by atomic mass is 32.2. The number of aromatic hydroxyl groups is 1. The lowest BCUT2D eigenvalue weighted by Crippen LogP contribution is -2.14. The van der Waals surface area contributed by atoms with Crippen LogP contribution < -0.4 is 10.2 Å². The minimum Gasteiger partial charge on any atom is -0.505 e. The van der Waals surface area contributed by atoms with Crippen molar-refractivity contribution in [3.63, 3.8) is 0 Å². The number of rotatable bonds is 9. The first kappa shape index (κ1) is 28.1. The maximum Gasteiger partial charge on any atom is 0.269 e. The summed E-state index contributed by atoms with van der Waals surface area (Å²) in [6.45, 7) is 0. The molecular formula is C30H23N5O6S. The highest BCUT2D eigenvalue weighted by Crippen LogP contribution is 2.41. The van der Waals surface area contributed by atoms with Crippen molar-refractivity contribution in [1.29, 1.82) is 0 Å². The lowest BCUT2D eigenvalue weighted by atomic mass is 10.0. The summed E-state index contributed by atoms with van der Waals surface area (Å²) < 4.78 is 31.5. The first-order chi connectivity index (χ1) is 20.2. The van der Waals surface area contributed by atoms with Gasteiger partial charge in [0.2, 0.25) is 6.41 Å². The smallest absolute Gasteiger partial charge is 0.269 e. The zero-order valence-corrected chi connectivity index (χ0v) is 22.6. The average molecular weight is 582 g/mol. The van der Waals surface area contributed by atoms with Gasteiger partial charge in [-0.3, -0.25) is 19.0 Å². The maximum atomic E-state index is 13.1. The van der Waals surface area contributed by atoms with Crippen LogP contribution in [0.25, 0.3) is 10.8 Å². The van der Waals surface area contributed by atoms with Gasteiger partial charge in [-0.2, -0.15) is 8.42 Å². The van der Waals surface area contributed by atoms with E-state index in [9.17, 15) is 23.1 Å². The largest absolute Gasteiger partial charge is 0.505 e. The molecule has 2 amide bonds. The van der Waals surface area contributed by atoms with E-state index in [1.165, 1.54) is 35.4 Å². The first-order valence-corrected chi connectivity index (χ1v) is 14.1. The summed E-state index contributed by atoms with van der Waals surface area (Å²) in [5.74, 6) is -1.22. The summed E-state index contributed by atoms with van der Waals surface area (Å²) in [5, 5.41) is 23.7. The van der Waals surface area contributed by atoms with Crippen LogP contribution in [0, 0.1) is 0 Å². The van der Waals surface area contributed by atoms with Gasteiger partial charge in [0.25, 0.3) is 16.0 Å². The number of fused-ring (bicyclic) bond motifs is 1. The molecule has 0 aliphatic rings. The van der Waals surface area contributed by atoms with E-state index in [0.717, 1.165) is 0 Å². The summed E-state index contributed by atoms with van der Waals surface area (Å²) in [7, 11) is -4.21. The van der Waals surface area contributed by atoms with Gasteiger partial charge >= 0.3 is 0 Å². The highest BCUT2D eigenvalue weighted by Gasteiger charge is 2.20. The Morgan fingerprint density at radius 3 is 2.36 bits per heavy atom. The number of nitrogens with zero attached hydrogens (tertiary/aromatic N) is 4. The molecule has 5 rings (SSSR count). The number of para-hydroxylation sites is 1. The zero-order valence-electron chi connectivity index (χ0n) is 21.8. The van der Waals surface area contributed by atoms with Crippen LogP contribution in [0.4, 0.5) is 28.6 Å². The molecule has 5 aromatic rings. The number of carbonyl (C=O) groups excluding carboxylic acids is 2. The third kappa shape index (κ3) is 6.30. The van der Waals surface area contributed by atoms with E-state index < -0.39 is 21.8 Å². The summed E-state index contributed by atoms with van der Waals surface area (Å²) in [6, 6.07) is 26.4. The standard InChI is InChI=1S/C30H23N5O6S/c36-19-35(22-14-12-20(13-15-22)18-42(39,40)41)26-10-4-3-9-25(26)33-34-28-23-8-2-1-7-21(23)17-24(29(28)37)30(38)32-27-11-5-6-16-31-27/h1-17,19,37H,18H2,(H,31,32,38)(H,39,40,41). The predicted octanol–water partition coefficient (Wildman–Crippen LogP) is 6.29. The number of aromatic nitrogens is 1. The van der Waals surface area contributed by atoms with E-state index in [1.54, 1.807) is 72.8 Å². The number of azo groups is 1. The molecule has 0 unspecified atom stereocenters. The average Bonchev–Trinajstić information content (AvgIpc) is 2.98. The van der Waals surface area contributed by atoms with Crippen LogP contribution in [-0.4, -0.2) is 35.4 Å². The monoisotopic (exact) mass is 581 g/mol. The molecule has 12 heteroatoms. The predicted molar refractivity (Wildman–Crippen MR) is 158 cm³/mol. The van der Waals surface area contributed by atoms with Crippen molar-refractivity contribution < 1.29 is 27.7 Å². The lowest BCUT2D eigenvalue weighted by Gasteiger charge is -2.19. The quantitative estimate of drug-likeness (QED) is 0.105. The molecular weight excluding hydrogens is 558 g/mol. The molecule has 3 N–H and O–H groups in total. The maximum absolute atomic E-state index is 13.1. The van der Waals surface area contributed by atoms with Gasteiger partial charge in [0.1, 0.15) is 22.9 Å². The Bertz CT molecular complexity index is 1910. The van der Waals surface area contributed by atoms with Crippen LogP contribution in [-0.2, 0) is 20.7 Å². The number of carbonyl (C=O) groups is 2. The Hall–Kier alpha value is -5.46. The van der Waals surface area contributed by atoms with Gasteiger partial charge in [-0.1, -0.05) is 54.6 Å². The molecule has 0 fully saturated rings. The van der Waals surface area contributed by atoms with Gasteiger partial charge in [0, 0.05) is 17.3 Å². The van der Waals surface area contributed by atoms with Crippen LogP contribution >= 0.6 is 0 Å². The Labute approximate surface area is 240 Å². The second-order valence-corrected chi connectivity index (χ2v) is 10.5. The molecule has 0 bridgehead atoms. The third-order valence-electron chi connectivity index (χ3n) is 6.21. The fraction of sp³-hybridized carbons (Fsp3) is 0.0333. The fourth-order valence-corrected chi connectivity index (χ4v) is 4.90. The Kier molecular flexibility index (Phi) is 8.00. The van der Waals surface area contributed by atoms with Gasteiger partial charge in [-0.05, 0) is 53.4 Å². The van der Waals surface area contributed by atoms with E-state index in [2.05, 4.69) is 20.5 Å². The lowest BCUT2D eigenvalue weighted by molar-refractivity contribution is -0.106. The number of pyridine rings is 1. The van der Waals surface area contributed by atoms with Crippen LogP contribution in [0.1, 0.15) is 15.9 Å². The SMILES string of the molecule is O=CN(c1ccc(CS(=O)(=O)O)cc1)c1ccccc1N=Nc1c(O)c(C(=O)Nc2ccccn2)cc2ccccc12. The molecule has 1 aromatic heterocycles. The number of phenols is 1. The summed E-state index contributed by atoms with van der Waals surface area (Å²) in [5.41, 5.74) is 1.41. The van der Waals surface area contributed by atoms with Crippen molar-refractivity contribution in [2.24, 2.45) is 10.2 Å². The number of phenolic OH excluding ortho intramolecular Hbond substituents is 1. The molecule has 1 heterocycles. The van der Waals surface area contributed by atoms with Crippen LogP contribution in [0.15, 0.2) is 113 Å². The van der Waals surface area contributed by atoms with Crippen molar-refractivity contribution in [2.45, 2.75) is 5.75 Å². The number of hydrogen-bond acceptors (Lipinski definition) is 8. The fourth-order valence-electron chi connectivity index (χ4n) is 4.29. The Morgan fingerprint density at radius 1 is 0.929 bits per heavy atom. The van der Waals surface area contributed by atoms with Crippen LogP contribution in [0.5, 0.6) is 5.75 Å². The minimum atomic E-state index is -4.21. The topological polar surface area (TPSA) is 162 Å². The van der Waals surface area contributed by atoms with Gasteiger partial charge in [-0.25, -0.2) is 4.98 Å². The molecule has 0 radical (unpaired) electrons. The molecule has 0 saturated heterocycles. The third-order valence-corrected chi connectivity index (χ3v) is 6.91. The first-order valence-electron chi connectivity index (χ1n) is 12.5. The summed E-state index contributed by atoms with van der Waals surface area (Å²) >= 11 is 0. The number of hydrogen-bond donors (Lipinski definition) is 3. The molecule has 0 spiro atoms. The van der Waals surface area contributed by atoms with Gasteiger partial charge in [0.15, 0.2) is 5.75 Å². The molecule has 0 saturated carbocycles. The zero-order chi connectivity index (χ0) is 29.7. The van der Waals surface area contributed by atoms with Crippen molar-refractivity contribution >= 4 is 61.8 Å². The van der Waals surface area contributed by atoms with E-state index in [0.29, 0.717) is 39.9 Å². The van der Waals surface area contributed by atoms with Gasteiger partial charge in [-0.15, -0.1) is 10.2 Å². The van der Waals surface area contributed by atoms with E-state index >= 15 is 0 Å². The normalized spacial score (nSPS) is 11.5. The van der Waals surface area contributed by atoms with E-state index in [-0.39, 0.29) is 22.7 Å². The minimum absolute atomic E-state index is 0.0268. The molecule has 0 aliphatic carbocycles. The Morgan fingerprint density at radius 2 is 1.64 bits per heavy atom. The second kappa shape index (κ2) is 12.0. The highest BCUT2D eigenvalue weighted by molar-refractivity contribution is 7.85. The van der Waals surface area contributed by atoms with Gasteiger partial charge < -0.3 is 10.4 Å². The van der Waals surface area contributed by atoms with Crippen molar-refractivity contribution in [2.75, 3.05) is 10.2 Å². The van der Waals surface area contributed by atoms with Crippen molar-refractivity contribution in [1.82, 2.24) is 4.98 Å². The number of nitrogens with one attached hydrogen (secondary N) is 1. The van der Waals surface area contributed by atoms with E-state index in [4.69, 9.17) is 4.55 Å². The van der Waals surface area contributed by atoms with Gasteiger partial charge in [0.05, 0.1) is 11.3 Å².